The van der Waals surface area contributed by atoms with Crippen molar-refractivity contribution >= 4 is 25.7 Å². The predicted molar refractivity (Wildman–Crippen MR) is 298 cm³/mol. The number of aliphatic hydroxyl groups excluding tert-OH is 1. The Kier molecular flexibility index (Phi) is 51.4. The SMILES string of the molecule is CC/C=C\C/C=C\C/C=C\C/C=C\C/C=C\CCCC(=O)OCC(COP(=O)(O)OCC(CO)OC(=O)CCCCCCCCCCCCCCC)OC(=O)CCCCCCC/C=C\C/C=C\CCCCC. The van der Waals surface area contributed by atoms with E-state index in [0.29, 0.717) is 25.7 Å². The minimum absolute atomic E-state index is 0.137. The Morgan fingerprint density at radius 2 is 0.736 bits per heavy atom. The molecule has 0 rings (SSSR count). The molecule has 0 saturated heterocycles. The van der Waals surface area contributed by atoms with Gasteiger partial charge in [0.15, 0.2) is 6.10 Å². The Morgan fingerprint density at radius 3 is 1.18 bits per heavy atom. The first-order chi connectivity index (χ1) is 35.2. The summed E-state index contributed by atoms with van der Waals surface area (Å²) in [6, 6.07) is 0. The number of allylic oxidation sites excluding steroid dienone is 14. The lowest BCUT2D eigenvalue weighted by atomic mass is 10.0. The van der Waals surface area contributed by atoms with Gasteiger partial charge in [0.05, 0.1) is 19.8 Å². The van der Waals surface area contributed by atoms with E-state index in [2.05, 4.69) is 99.8 Å². The molecule has 414 valence electrons. The third kappa shape index (κ3) is 51.6. The molecule has 2 N–H and O–H groups in total. The van der Waals surface area contributed by atoms with Gasteiger partial charge in [-0.05, 0) is 89.9 Å². The maximum atomic E-state index is 12.9. The highest BCUT2D eigenvalue weighted by Crippen LogP contribution is 2.43. The normalized spacial score (nSPS) is 14.0. The summed E-state index contributed by atoms with van der Waals surface area (Å²) in [5, 5.41) is 9.80. The van der Waals surface area contributed by atoms with Crippen LogP contribution in [0, 0.1) is 0 Å². The largest absolute Gasteiger partial charge is 0.472 e. The Balaban J connectivity index is 4.83. The molecule has 11 nitrogen and oxygen atoms in total. The van der Waals surface area contributed by atoms with Gasteiger partial charge in [-0.15, -0.1) is 0 Å². The van der Waals surface area contributed by atoms with Gasteiger partial charge in [0.2, 0.25) is 0 Å². The summed E-state index contributed by atoms with van der Waals surface area (Å²) in [5.41, 5.74) is 0. The van der Waals surface area contributed by atoms with Crippen molar-refractivity contribution in [1.82, 2.24) is 0 Å². The lowest BCUT2D eigenvalue weighted by molar-refractivity contribution is -0.161. The Morgan fingerprint density at radius 1 is 0.403 bits per heavy atom. The number of hydrogen-bond acceptors (Lipinski definition) is 10. The summed E-state index contributed by atoms with van der Waals surface area (Å²) in [7, 11) is -4.76. The van der Waals surface area contributed by atoms with Gasteiger partial charge in [0, 0.05) is 19.3 Å². The number of esters is 3. The van der Waals surface area contributed by atoms with Crippen LogP contribution in [0.3, 0.4) is 0 Å². The molecule has 0 amide bonds. The predicted octanol–water partition coefficient (Wildman–Crippen LogP) is 16.7. The molecule has 12 heteroatoms. The van der Waals surface area contributed by atoms with Crippen LogP contribution in [0.5, 0.6) is 0 Å². The monoisotopic (exact) mass is 1030 g/mol. The quantitative estimate of drug-likeness (QED) is 0.0197. The first-order valence-corrected chi connectivity index (χ1v) is 30.0. The van der Waals surface area contributed by atoms with E-state index in [1.165, 1.54) is 77.0 Å². The minimum atomic E-state index is -4.76. The molecule has 0 fully saturated rings. The van der Waals surface area contributed by atoms with Gasteiger partial charge in [-0.2, -0.15) is 0 Å². The Labute approximate surface area is 439 Å². The Bertz CT molecular complexity index is 1530. The molecule has 0 radical (unpaired) electrons. The molecule has 0 aromatic heterocycles. The standard InChI is InChI=1S/C60H103O11P/c1-4-7-10-13-16-19-22-25-27-28-30-32-34-37-40-43-46-49-58(62)67-53-57(71-60(64)51-48-45-42-39-36-33-29-26-23-20-17-14-11-8-5-2)55-69-72(65,66)68-54-56(52-61)70-59(63)50-47-44-41-38-35-31-24-21-18-15-12-9-6-3/h7,10,16-17,19-20,25-27,29-30,32,37,40,56-57,61H,4-6,8-9,11-15,18,21-24,28,31,33-36,38-39,41-55H2,1-3H3,(H,65,66)/b10-7-,19-16-,20-17-,27-25-,29-26-,32-30-,40-37-. The second kappa shape index (κ2) is 53.9. The number of rotatable bonds is 52. The molecular weight excluding hydrogens is 928 g/mol. The number of hydrogen-bond donors (Lipinski definition) is 2. The van der Waals surface area contributed by atoms with Crippen molar-refractivity contribution in [3.8, 4) is 0 Å². The fraction of sp³-hybridized carbons (Fsp3) is 0.717. The number of ether oxygens (including phenoxy) is 3. The van der Waals surface area contributed by atoms with E-state index in [9.17, 15) is 28.9 Å². The van der Waals surface area contributed by atoms with Crippen molar-refractivity contribution in [2.75, 3.05) is 26.4 Å². The Hall–Kier alpha value is -3.34. The summed E-state index contributed by atoms with van der Waals surface area (Å²) in [6.45, 7) is 4.43. The molecule has 0 aromatic carbocycles. The fourth-order valence-electron chi connectivity index (χ4n) is 7.48. The molecule has 0 aliphatic rings. The average molecular weight is 1030 g/mol. The van der Waals surface area contributed by atoms with E-state index >= 15 is 0 Å². The molecule has 0 spiro atoms. The average Bonchev–Trinajstić information content (AvgIpc) is 3.37. The lowest BCUT2D eigenvalue weighted by Crippen LogP contribution is -2.30. The van der Waals surface area contributed by atoms with Crippen molar-refractivity contribution in [2.45, 2.75) is 251 Å². The number of carbonyl (C=O) groups excluding carboxylic acids is 3. The molecular formula is C60H103O11P. The number of unbranched alkanes of at least 4 members (excludes halogenated alkanes) is 21. The van der Waals surface area contributed by atoms with Crippen molar-refractivity contribution in [3.05, 3.63) is 85.1 Å². The van der Waals surface area contributed by atoms with Gasteiger partial charge in [-0.1, -0.05) is 215 Å². The van der Waals surface area contributed by atoms with Crippen LogP contribution in [0.2, 0.25) is 0 Å². The first-order valence-electron chi connectivity index (χ1n) is 28.5. The number of phosphoric acid groups is 1. The second-order valence-electron chi connectivity index (χ2n) is 18.7. The molecule has 0 heterocycles. The first kappa shape index (κ1) is 68.7. The van der Waals surface area contributed by atoms with Gasteiger partial charge in [-0.3, -0.25) is 23.4 Å². The van der Waals surface area contributed by atoms with E-state index in [-0.39, 0.29) is 25.9 Å². The van der Waals surface area contributed by atoms with E-state index in [4.69, 9.17) is 23.3 Å². The molecule has 0 aromatic rings. The highest BCUT2D eigenvalue weighted by atomic mass is 31.2. The van der Waals surface area contributed by atoms with Crippen LogP contribution in [0.4, 0.5) is 0 Å². The minimum Gasteiger partial charge on any atom is -0.462 e. The summed E-state index contributed by atoms with van der Waals surface area (Å²) < 4.78 is 39.4. The smallest absolute Gasteiger partial charge is 0.462 e. The topological polar surface area (TPSA) is 155 Å². The summed E-state index contributed by atoms with van der Waals surface area (Å²) >= 11 is 0. The van der Waals surface area contributed by atoms with Crippen molar-refractivity contribution in [1.29, 1.82) is 0 Å². The zero-order chi connectivity index (χ0) is 52.7. The van der Waals surface area contributed by atoms with Crippen LogP contribution < -0.4 is 0 Å². The molecule has 0 aliphatic carbocycles. The maximum absolute atomic E-state index is 12.9. The number of aliphatic hydroxyl groups is 1. The summed E-state index contributed by atoms with van der Waals surface area (Å²) in [5.74, 6) is -1.55. The fourth-order valence-corrected chi connectivity index (χ4v) is 8.26. The van der Waals surface area contributed by atoms with E-state index in [1.54, 1.807) is 0 Å². The van der Waals surface area contributed by atoms with Crippen molar-refractivity contribution in [3.63, 3.8) is 0 Å². The van der Waals surface area contributed by atoms with Crippen LogP contribution >= 0.6 is 7.82 Å². The highest BCUT2D eigenvalue weighted by molar-refractivity contribution is 7.47. The van der Waals surface area contributed by atoms with Crippen LogP contribution in [-0.4, -0.2) is 66.5 Å². The molecule has 0 bridgehead atoms. The zero-order valence-electron chi connectivity index (χ0n) is 45.6. The van der Waals surface area contributed by atoms with Gasteiger partial charge in [0.25, 0.3) is 0 Å². The third-order valence-electron chi connectivity index (χ3n) is 11.8. The molecule has 3 unspecified atom stereocenters. The van der Waals surface area contributed by atoms with E-state index in [0.717, 1.165) is 96.3 Å². The molecule has 3 atom stereocenters. The van der Waals surface area contributed by atoms with Gasteiger partial charge < -0.3 is 24.2 Å². The summed E-state index contributed by atoms with van der Waals surface area (Å²) in [4.78, 5) is 48.5. The van der Waals surface area contributed by atoms with E-state index < -0.39 is 57.8 Å². The van der Waals surface area contributed by atoms with E-state index in [1.807, 2.05) is 6.08 Å². The van der Waals surface area contributed by atoms with Crippen LogP contribution in [-0.2, 0) is 42.2 Å². The van der Waals surface area contributed by atoms with Gasteiger partial charge in [-0.25, -0.2) is 4.57 Å². The van der Waals surface area contributed by atoms with Crippen LogP contribution in [0.25, 0.3) is 0 Å². The molecule has 72 heavy (non-hydrogen) atoms. The zero-order valence-corrected chi connectivity index (χ0v) is 46.5. The second-order valence-corrected chi connectivity index (χ2v) is 20.2. The van der Waals surface area contributed by atoms with Crippen LogP contribution in [0.1, 0.15) is 239 Å². The molecule has 0 saturated carbocycles. The number of carbonyl (C=O) groups is 3. The maximum Gasteiger partial charge on any atom is 0.472 e. The van der Waals surface area contributed by atoms with Gasteiger partial charge in [0.1, 0.15) is 12.7 Å². The number of phosphoric ester groups is 1. The van der Waals surface area contributed by atoms with Crippen molar-refractivity contribution < 1.29 is 52.2 Å². The molecule has 0 aliphatic heterocycles. The van der Waals surface area contributed by atoms with Gasteiger partial charge >= 0.3 is 25.7 Å². The summed E-state index contributed by atoms with van der Waals surface area (Å²) in [6.07, 6.45) is 61.2. The van der Waals surface area contributed by atoms with Crippen molar-refractivity contribution in [2.24, 2.45) is 0 Å². The third-order valence-corrected chi connectivity index (χ3v) is 12.8. The van der Waals surface area contributed by atoms with Crippen LogP contribution in [0.15, 0.2) is 85.1 Å². The highest BCUT2D eigenvalue weighted by Gasteiger charge is 2.28. The lowest BCUT2D eigenvalue weighted by Gasteiger charge is -2.21.